The normalized spacial score (nSPS) is 9.94. The summed E-state index contributed by atoms with van der Waals surface area (Å²) in [4.78, 5) is 15.8. The number of carbonyl (C=O) groups is 1. The van der Waals surface area contributed by atoms with Gasteiger partial charge in [-0.3, -0.25) is 4.79 Å². The van der Waals surface area contributed by atoms with E-state index in [0.717, 1.165) is 5.56 Å². The predicted molar refractivity (Wildman–Crippen MR) is 67.8 cm³/mol. The molecule has 0 saturated heterocycles. The van der Waals surface area contributed by atoms with Gasteiger partial charge in [-0.15, -0.1) is 0 Å². The topological polar surface area (TPSA) is 68.0 Å². The molecular weight excluding hydrogens is 214 g/mol. The maximum Gasteiger partial charge on any atom is 0.255 e. The molecule has 2 aromatic rings. The van der Waals surface area contributed by atoms with Crippen LogP contribution in [0.5, 0.6) is 0 Å². The zero-order valence-electron chi connectivity index (χ0n) is 9.47. The number of hydrogen-bond acceptors (Lipinski definition) is 3. The summed E-state index contributed by atoms with van der Waals surface area (Å²) in [6, 6.07) is 10.7. The number of anilines is 2. The van der Waals surface area contributed by atoms with Crippen LogP contribution in [0, 0.1) is 6.92 Å². The van der Waals surface area contributed by atoms with E-state index in [1.54, 1.807) is 24.4 Å². The standard InChI is InChI=1S/C13H13N3O/c1-9-3-2-4-10(7-9)13(17)16-11-5-6-15-12(14)8-11/h2-8H,1H3,(H3,14,15,16,17). The molecule has 0 atom stereocenters. The van der Waals surface area contributed by atoms with Gasteiger partial charge in [0, 0.05) is 23.5 Å². The fourth-order valence-corrected chi connectivity index (χ4v) is 1.52. The van der Waals surface area contributed by atoms with E-state index in [1.807, 2.05) is 25.1 Å². The molecule has 4 nitrogen and oxygen atoms in total. The van der Waals surface area contributed by atoms with Gasteiger partial charge in [0.15, 0.2) is 0 Å². The third kappa shape index (κ3) is 2.81. The lowest BCUT2D eigenvalue weighted by Gasteiger charge is -2.06. The van der Waals surface area contributed by atoms with E-state index in [-0.39, 0.29) is 5.91 Å². The van der Waals surface area contributed by atoms with Crippen LogP contribution in [0.4, 0.5) is 11.5 Å². The van der Waals surface area contributed by atoms with Gasteiger partial charge >= 0.3 is 0 Å². The number of hydrogen-bond donors (Lipinski definition) is 2. The molecule has 1 aromatic carbocycles. The Morgan fingerprint density at radius 2 is 2.12 bits per heavy atom. The van der Waals surface area contributed by atoms with Gasteiger partial charge in [-0.2, -0.15) is 0 Å². The van der Waals surface area contributed by atoms with Gasteiger partial charge in [-0.1, -0.05) is 17.7 Å². The molecule has 0 fully saturated rings. The Hall–Kier alpha value is -2.36. The number of aryl methyl sites for hydroxylation is 1. The monoisotopic (exact) mass is 227 g/mol. The number of rotatable bonds is 2. The summed E-state index contributed by atoms with van der Waals surface area (Å²) in [5, 5.41) is 2.77. The smallest absolute Gasteiger partial charge is 0.255 e. The minimum atomic E-state index is -0.153. The minimum Gasteiger partial charge on any atom is -0.384 e. The molecule has 0 radical (unpaired) electrons. The number of aromatic nitrogens is 1. The molecule has 0 aliphatic heterocycles. The van der Waals surface area contributed by atoms with Crippen molar-refractivity contribution in [2.24, 2.45) is 0 Å². The molecule has 1 amide bonds. The average Bonchev–Trinajstić information content (AvgIpc) is 2.29. The van der Waals surface area contributed by atoms with Gasteiger partial charge in [0.05, 0.1) is 0 Å². The zero-order valence-corrected chi connectivity index (χ0v) is 9.47. The van der Waals surface area contributed by atoms with Crippen LogP contribution in [-0.4, -0.2) is 10.9 Å². The van der Waals surface area contributed by atoms with E-state index in [2.05, 4.69) is 10.3 Å². The summed E-state index contributed by atoms with van der Waals surface area (Å²) in [6.07, 6.45) is 1.56. The molecule has 4 heteroatoms. The molecule has 17 heavy (non-hydrogen) atoms. The van der Waals surface area contributed by atoms with Crippen molar-refractivity contribution in [2.45, 2.75) is 6.92 Å². The van der Waals surface area contributed by atoms with Gasteiger partial charge < -0.3 is 11.1 Å². The second-order valence-electron chi connectivity index (χ2n) is 3.79. The van der Waals surface area contributed by atoms with E-state index < -0.39 is 0 Å². The van der Waals surface area contributed by atoms with Gasteiger partial charge in [-0.05, 0) is 25.1 Å². The summed E-state index contributed by atoms with van der Waals surface area (Å²) >= 11 is 0. The Morgan fingerprint density at radius 1 is 1.29 bits per heavy atom. The van der Waals surface area contributed by atoms with Crippen molar-refractivity contribution in [3.63, 3.8) is 0 Å². The van der Waals surface area contributed by atoms with Crippen LogP contribution >= 0.6 is 0 Å². The molecule has 1 aromatic heterocycles. The molecular formula is C13H13N3O. The lowest BCUT2D eigenvalue weighted by molar-refractivity contribution is 0.102. The first kappa shape index (κ1) is 11.1. The highest BCUT2D eigenvalue weighted by molar-refractivity contribution is 6.04. The molecule has 0 spiro atoms. The molecule has 1 heterocycles. The first-order valence-corrected chi connectivity index (χ1v) is 5.25. The number of pyridine rings is 1. The van der Waals surface area contributed by atoms with Crippen LogP contribution in [0.1, 0.15) is 15.9 Å². The lowest BCUT2D eigenvalue weighted by atomic mass is 10.1. The Balaban J connectivity index is 2.17. The number of nitrogens with two attached hydrogens (primary N) is 1. The van der Waals surface area contributed by atoms with E-state index >= 15 is 0 Å². The Labute approximate surface area is 99.5 Å². The van der Waals surface area contributed by atoms with Gasteiger partial charge in [-0.25, -0.2) is 4.98 Å². The maximum atomic E-state index is 11.9. The Bertz CT molecular complexity index is 552. The molecule has 0 unspecified atom stereocenters. The van der Waals surface area contributed by atoms with Crippen LogP contribution < -0.4 is 11.1 Å². The molecule has 86 valence electrons. The molecule has 2 rings (SSSR count). The molecule has 0 saturated carbocycles. The van der Waals surface area contributed by atoms with Crippen molar-refractivity contribution in [3.05, 3.63) is 53.7 Å². The summed E-state index contributed by atoms with van der Waals surface area (Å²) in [7, 11) is 0. The number of benzene rings is 1. The van der Waals surface area contributed by atoms with E-state index in [4.69, 9.17) is 5.73 Å². The predicted octanol–water partition coefficient (Wildman–Crippen LogP) is 2.22. The highest BCUT2D eigenvalue weighted by atomic mass is 16.1. The third-order valence-electron chi connectivity index (χ3n) is 2.32. The Kier molecular flexibility index (Phi) is 3.05. The van der Waals surface area contributed by atoms with Crippen molar-refractivity contribution >= 4 is 17.4 Å². The SMILES string of the molecule is Cc1cccc(C(=O)Nc2ccnc(N)c2)c1. The summed E-state index contributed by atoms with van der Waals surface area (Å²) in [5.74, 6) is 0.228. The second-order valence-corrected chi connectivity index (χ2v) is 3.79. The van der Waals surface area contributed by atoms with Crippen LogP contribution in [0.15, 0.2) is 42.6 Å². The number of nitrogens with zero attached hydrogens (tertiary/aromatic N) is 1. The minimum absolute atomic E-state index is 0.153. The molecule has 0 bridgehead atoms. The number of carbonyl (C=O) groups excluding carboxylic acids is 1. The summed E-state index contributed by atoms with van der Waals surface area (Å²) < 4.78 is 0. The fourth-order valence-electron chi connectivity index (χ4n) is 1.52. The highest BCUT2D eigenvalue weighted by Gasteiger charge is 2.05. The van der Waals surface area contributed by atoms with E-state index in [9.17, 15) is 4.79 Å². The van der Waals surface area contributed by atoms with Gasteiger partial charge in [0.1, 0.15) is 5.82 Å². The second kappa shape index (κ2) is 4.65. The third-order valence-corrected chi connectivity index (χ3v) is 2.32. The van der Waals surface area contributed by atoms with Gasteiger partial charge in [0.25, 0.3) is 5.91 Å². The number of nitrogen functional groups attached to an aromatic ring is 1. The van der Waals surface area contributed by atoms with Crippen molar-refractivity contribution < 1.29 is 4.79 Å². The zero-order chi connectivity index (χ0) is 12.3. The number of amides is 1. The molecule has 0 aliphatic rings. The Morgan fingerprint density at radius 3 is 2.82 bits per heavy atom. The highest BCUT2D eigenvalue weighted by Crippen LogP contribution is 2.11. The van der Waals surface area contributed by atoms with Crippen molar-refractivity contribution in [2.75, 3.05) is 11.1 Å². The lowest BCUT2D eigenvalue weighted by Crippen LogP contribution is -2.12. The number of nitrogens with one attached hydrogen (secondary N) is 1. The summed E-state index contributed by atoms with van der Waals surface area (Å²) in [6.45, 7) is 1.95. The van der Waals surface area contributed by atoms with Crippen LogP contribution in [0.2, 0.25) is 0 Å². The van der Waals surface area contributed by atoms with Crippen molar-refractivity contribution in [1.29, 1.82) is 0 Å². The fraction of sp³-hybridized carbons (Fsp3) is 0.0769. The quantitative estimate of drug-likeness (QED) is 0.826. The van der Waals surface area contributed by atoms with E-state index in [1.165, 1.54) is 0 Å². The maximum absolute atomic E-state index is 11.9. The van der Waals surface area contributed by atoms with Crippen molar-refractivity contribution in [1.82, 2.24) is 4.98 Å². The first-order valence-electron chi connectivity index (χ1n) is 5.25. The molecule has 0 aliphatic carbocycles. The van der Waals surface area contributed by atoms with Crippen LogP contribution in [0.25, 0.3) is 0 Å². The van der Waals surface area contributed by atoms with Gasteiger partial charge in [0.2, 0.25) is 0 Å². The van der Waals surface area contributed by atoms with Crippen LogP contribution in [0.3, 0.4) is 0 Å². The van der Waals surface area contributed by atoms with E-state index in [0.29, 0.717) is 17.1 Å². The molecule has 3 N–H and O–H groups in total. The average molecular weight is 227 g/mol. The van der Waals surface area contributed by atoms with Crippen molar-refractivity contribution in [3.8, 4) is 0 Å². The van der Waals surface area contributed by atoms with Crippen LogP contribution in [-0.2, 0) is 0 Å². The summed E-state index contributed by atoms with van der Waals surface area (Å²) in [5.41, 5.74) is 7.85. The largest absolute Gasteiger partial charge is 0.384 e. The first-order chi connectivity index (χ1) is 8.15.